The van der Waals surface area contributed by atoms with Gasteiger partial charge in [-0.2, -0.15) is 0 Å². The van der Waals surface area contributed by atoms with Crippen molar-refractivity contribution in [3.8, 4) is 0 Å². The summed E-state index contributed by atoms with van der Waals surface area (Å²) in [6, 6.07) is -2.05. The number of hydrogen-bond acceptors (Lipinski definition) is 4. The standard InChI is InChI=1S/C10H18N2O5/c1-5(13)8(9(14)15)12-10(16)11-7-3-4-17-6(7)2/h5-8,13H,3-4H2,1-2H3,(H,14,15)(H2,11,12,16)/t5-,6?,7?,8+/m1/s1. The van der Waals surface area contributed by atoms with Crippen LogP contribution in [0.4, 0.5) is 4.79 Å². The highest BCUT2D eigenvalue weighted by Crippen LogP contribution is 2.12. The normalized spacial score (nSPS) is 27.2. The molecule has 98 valence electrons. The van der Waals surface area contributed by atoms with E-state index in [0.717, 1.165) is 0 Å². The van der Waals surface area contributed by atoms with Gasteiger partial charge in [-0.05, 0) is 20.3 Å². The second-order valence-corrected chi connectivity index (χ2v) is 4.15. The topological polar surface area (TPSA) is 108 Å². The van der Waals surface area contributed by atoms with Gasteiger partial charge in [0.15, 0.2) is 6.04 Å². The lowest BCUT2D eigenvalue weighted by molar-refractivity contribution is -0.141. The minimum Gasteiger partial charge on any atom is -0.480 e. The van der Waals surface area contributed by atoms with E-state index in [0.29, 0.717) is 13.0 Å². The fraction of sp³-hybridized carbons (Fsp3) is 0.800. The summed E-state index contributed by atoms with van der Waals surface area (Å²) in [5.41, 5.74) is 0. The van der Waals surface area contributed by atoms with Crippen LogP contribution in [-0.2, 0) is 9.53 Å². The lowest BCUT2D eigenvalue weighted by Gasteiger charge is -2.20. The van der Waals surface area contributed by atoms with E-state index in [2.05, 4.69) is 10.6 Å². The number of rotatable bonds is 4. The second kappa shape index (κ2) is 5.83. The number of carboxylic acids is 1. The Hall–Kier alpha value is -1.34. The number of amides is 2. The van der Waals surface area contributed by atoms with Gasteiger partial charge >= 0.3 is 12.0 Å². The predicted molar refractivity (Wildman–Crippen MR) is 58.6 cm³/mol. The molecule has 7 nitrogen and oxygen atoms in total. The van der Waals surface area contributed by atoms with E-state index < -0.39 is 24.1 Å². The van der Waals surface area contributed by atoms with Gasteiger partial charge in [0.25, 0.3) is 0 Å². The summed E-state index contributed by atoms with van der Waals surface area (Å²) in [6.45, 7) is 3.71. The molecule has 1 saturated heterocycles. The van der Waals surface area contributed by atoms with Crippen LogP contribution in [0.2, 0.25) is 0 Å². The summed E-state index contributed by atoms with van der Waals surface area (Å²) in [6.07, 6.45) is -0.549. The van der Waals surface area contributed by atoms with Crippen molar-refractivity contribution in [2.45, 2.75) is 44.6 Å². The molecule has 0 aromatic rings. The molecule has 4 N–H and O–H groups in total. The van der Waals surface area contributed by atoms with Crippen molar-refractivity contribution < 1.29 is 24.5 Å². The number of aliphatic hydroxyl groups is 1. The number of carbonyl (C=O) groups excluding carboxylic acids is 1. The quantitative estimate of drug-likeness (QED) is 0.524. The highest BCUT2D eigenvalue weighted by molar-refractivity contribution is 5.83. The molecule has 0 radical (unpaired) electrons. The Balaban J connectivity index is 2.45. The van der Waals surface area contributed by atoms with Crippen LogP contribution in [-0.4, -0.2) is 53.1 Å². The van der Waals surface area contributed by atoms with Crippen LogP contribution in [0, 0.1) is 0 Å². The monoisotopic (exact) mass is 246 g/mol. The second-order valence-electron chi connectivity index (χ2n) is 4.15. The molecule has 7 heteroatoms. The molecule has 0 aliphatic carbocycles. The van der Waals surface area contributed by atoms with E-state index in [-0.39, 0.29) is 12.1 Å². The van der Waals surface area contributed by atoms with Gasteiger partial charge in [0, 0.05) is 6.61 Å². The van der Waals surface area contributed by atoms with E-state index in [9.17, 15) is 14.7 Å². The minimum atomic E-state index is -1.31. The Morgan fingerprint density at radius 2 is 2.12 bits per heavy atom. The maximum atomic E-state index is 11.5. The predicted octanol–water partition coefficient (Wildman–Crippen LogP) is -0.703. The molecule has 4 atom stereocenters. The van der Waals surface area contributed by atoms with Gasteiger partial charge in [0.05, 0.1) is 18.2 Å². The molecule has 1 aliphatic rings. The molecular weight excluding hydrogens is 228 g/mol. The van der Waals surface area contributed by atoms with Crippen LogP contribution < -0.4 is 10.6 Å². The lowest BCUT2D eigenvalue weighted by Crippen LogP contribution is -2.53. The molecule has 2 amide bonds. The van der Waals surface area contributed by atoms with Gasteiger partial charge in [0.2, 0.25) is 0 Å². The SMILES string of the molecule is CC1OCCC1NC(=O)N[C@H](C(=O)O)[C@@H](C)O. The molecule has 1 heterocycles. The average Bonchev–Trinajstić information content (AvgIpc) is 2.60. The van der Waals surface area contributed by atoms with E-state index in [1.807, 2.05) is 6.92 Å². The van der Waals surface area contributed by atoms with Crippen LogP contribution in [0.5, 0.6) is 0 Å². The third-order valence-corrected chi connectivity index (χ3v) is 2.73. The molecule has 0 bridgehead atoms. The third-order valence-electron chi connectivity index (χ3n) is 2.73. The zero-order valence-corrected chi connectivity index (χ0v) is 9.84. The first-order valence-corrected chi connectivity index (χ1v) is 5.51. The van der Waals surface area contributed by atoms with Crippen LogP contribution in [0.3, 0.4) is 0 Å². The minimum absolute atomic E-state index is 0.0874. The summed E-state index contributed by atoms with van der Waals surface area (Å²) in [4.78, 5) is 22.3. The summed E-state index contributed by atoms with van der Waals surface area (Å²) in [7, 11) is 0. The number of aliphatic hydroxyl groups excluding tert-OH is 1. The molecule has 1 rings (SSSR count). The van der Waals surface area contributed by atoms with Crippen LogP contribution in [0.15, 0.2) is 0 Å². The van der Waals surface area contributed by atoms with Crippen LogP contribution in [0.1, 0.15) is 20.3 Å². The van der Waals surface area contributed by atoms with Gasteiger partial charge < -0.3 is 25.6 Å². The first-order chi connectivity index (χ1) is 7.91. The zero-order chi connectivity index (χ0) is 13.0. The fourth-order valence-electron chi connectivity index (χ4n) is 1.66. The summed E-state index contributed by atoms with van der Waals surface area (Å²) in [5.74, 6) is -1.27. The number of hydrogen-bond donors (Lipinski definition) is 4. The number of urea groups is 1. The van der Waals surface area contributed by atoms with E-state index in [1.165, 1.54) is 6.92 Å². The van der Waals surface area contributed by atoms with Crippen molar-refractivity contribution >= 4 is 12.0 Å². The Labute approximate surface area is 99.1 Å². The summed E-state index contributed by atoms with van der Waals surface area (Å²) >= 11 is 0. The number of carbonyl (C=O) groups is 2. The largest absolute Gasteiger partial charge is 0.480 e. The number of carboxylic acid groups (broad SMARTS) is 1. The Kier molecular flexibility index (Phi) is 4.71. The van der Waals surface area contributed by atoms with E-state index >= 15 is 0 Å². The smallest absolute Gasteiger partial charge is 0.328 e. The molecule has 0 spiro atoms. The molecule has 0 saturated carbocycles. The number of nitrogens with one attached hydrogen (secondary N) is 2. The molecule has 2 unspecified atom stereocenters. The number of ether oxygens (including phenoxy) is 1. The van der Waals surface area contributed by atoms with Gasteiger partial charge in [-0.15, -0.1) is 0 Å². The molecule has 1 aliphatic heterocycles. The summed E-state index contributed by atoms with van der Waals surface area (Å²) in [5, 5.41) is 22.8. The summed E-state index contributed by atoms with van der Waals surface area (Å²) < 4.78 is 5.26. The van der Waals surface area contributed by atoms with Crippen molar-refractivity contribution in [2.75, 3.05) is 6.61 Å². The molecule has 1 fully saturated rings. The first kappa shape index (κ1) is 13.7. The van der Waals surface area contributed by atoms with Crippen LogP contribution >= 0.6 is 0 Å². The van der Waals surface area contributed by atoms with E-state index in [4.69, 9.17) is 9.84 Å². The zero-order valence-electron chi connectivity index (χ0n) is 9.84. The van der Waals surface area contributed by atoms with Crippen molar-refractivity contribution in [2.24, 2.45) is 0 Å². The maximum Gasteiger partial charge on any atom is 0.328 e. The van der Waals surface area contributed by atoms with Gasteiger partial charge in [-0.25, -0.2) is 9.59 Å². The van der Waals surface area contributed by atoms with E-state index in [1.54, 1.807) is 0 Å². The van der Waals surface area contributed by atoms with Crippen molar-refractivity contribution in [3.63, 3.8) is 0 Å². The molecular formula is C10H18N2O5. The fourth-order valence-corrected chi connectivity index (χ4v) is 1.66. The average molecular weight is 246 g/mol. The molecule has 0 aromatic heterocycles. The van der Waals surface area contributed by atoms with Gasteiger partial charge in [-0.3, -0.25) is 0 Å². The first-order valence-electron chi connectivity index (χ1n) is 5.51. The highest BCUT2D eigenvalue weighted by atomic mass is 16.5. The van der Waals surface area contributed by atoms with Gasteiger partial charge in [0.1, 0.15) is 0 Å². The Morgan fingerprint density at radius 3 is 2.53 bits per heavy atom. The van der Waals surface area contributed by atoms with Crippen molar-refractivity contribution in [1.29, 1.82) is 0 Å². The number of aliphatic carboxylic acids is 1. The molecule has 17 heavy (non-hydrogen) atoms. The van der Waals surface area contributed by atoms with Gasteiger partial charge in [-0.1, -0.05) is 0 Å². The van der Waals surface area contributed by atoms with Crippen molar-refractivity contribution in [1.82, 2.24) is 10.6 Å². The Morgan fingerprint density at radius 1 is 1.47 bits per heavy atom. The molecule has 0 aromatic carbocycles. The third kappa shape index (κ3) is 3.86. The maximum absolute atomic E-state index is 11.5. The van der Waals surface area contributed by atoms with Crippen LogP contribution in [0.25, 0.3) is 0 Å². The van der Waals surface area contributed by atoms with Crippen molar-refractivity contribution in [3.05, 3.63) is 0 Å². The Bertz CT molecular complexity index is 294. The lowest BCUT2D eigenvalue weighted by atomic mass is 10.1. The highest BCUT2D eigenvalue weighted by Gasteiger charge is 2.29.